The Morgan fingerprint density at radius 1 is 1.26 bits per heavy atom. The highest BCUT2D eigenvalue weighted by atomic mass is 79.9. The topological polar surface area (TPSA) is 63.2 Å². The van der Waals surface area contributed by atoms with Gasteiger partial charge in [-0.25, -0.2) is 4.98 Å². The van der Waals surface area contributed by atoms with Crippen molar-refractivity contribution in [2.75, 3.05) is 12.4 Å². The van der Waals surface area contributed by atoms with E-state index in [9.17, 15) is 4.79 Å². The highest BCUT2D eigenvalue weighted by Gasteiger charge is 2.11. The Morgan fingerprint density at radius 2 is 2.07 bits per heavy atom. The number of nitrogens with zero attached hydrogens (tertiary/aromatic N) is 1. The first-order valence-electron chi connectivity index (χ1n) is 7.94. The Bertz CT molecular complexity index is 1000. The molecule has 0 spiro atoms. The maximum Gasteiger partial charge on any atom is 0.257 e. The average molecular weight is 462 g/mol. The first-order chi connectivity index (χ1) is 13.0. The van der Waals surface area contributed by atoms with Gasteiger partial charge in [-0.1, -0.05) is 17.7 Å². The van der Waals surface area contributed by atoms with Crippen LogP contribution in [-0.2, 0) is 0 Å². The van der Waals surface area contributed by atoms with Gasteiger partial charge in [-0.3, -0.25) is 10.1 Å². The predicted octanol–water partition coefficient (Wildman–Crippen LogP) is 5.02. The molecule has 2 N–H and O–H groups in total. The highest BCUT2D eigenvalue weighted by Crippen LogP contribution is 2.32. The summed E-state index contributed by atoms with van der Waals surface area (Å²) in [6, 6.07) is 13.1. The lowest BCUT2D eigenvalue weighted by molar-refractivity contribution is 0.0977. The van der Waals surface area contributed by atoms with Crippen LogP contribution < -0.4 is 15.4 Å². The molecular weight excluding hydrogens is 446 g/mol. The zero-order valence-corrected chi connectivity index (χ0v) is 17.8. The lowest BCUT2D eigenvalue weighted by Gasteiger charge is -2.07. The number of carbonyl (C=O) groups excluding carboxylic acids is 1. The number of anilines is 1. The number of aryl methyl sites for hydroxylation is 1. The number of halogens is 1. The molecule has 0 bridgehead atoms. The number of amides is 1. The van der Waals surface area contributed by atoms with Crippen molar-refractivity contribution in [3.8, 4) is 17.0 Å². The normalized spacial score (nSPS) is 10.3. The molecule has 0 radical (unpaired) electrons. The van der Waals surface area contributed by atoms with Gasteiger partial charge in [-0.15, -0.1) is 11.3 Å². The molecule has 3 rings (SSSR count). The van der Waals surface area contributed by atoms with Crippen LogP contribution in [0.1, 0.15) is 15.9 Å². The van der Waals surface area contributed by atoms with E-state index in [1.54, 1.807) is 19.2 Å². The Balaban J connectivity index is 1.66. The van der Waals surface area contributed by atoms with Gasteiger partial charge in [0.25, 0.3) is 5.91 Å². The number of hydrogen-bond acceptors (Lipinski definition) is 5. The second-order valence-corrected chi connectivity index (χ2v) is 7.79. The number of ether oxygens (including phenoxy) is 1. The minimum atomic E-state index is -0.257. The molecule has 0 unspecified atom stereocenters. The number of rotatable bonds is 4. The predicted molar refractivity (Wildman–Crippen MR) is 117 cm³/mol. The molecule has 1 amide bonds. The van der Waals surface area contributed by atoms with Gasteiger partial charge in [0, 0.05) is 16.5 Å². The standard InChI is InChI=1S/C19H16BrN3O2S2/c1-11-4-3-5-13(8-11)17(24)22-18(26)23-19-21-15(10-27-19)12-6-7-16(25-2)14(20)9-12/h3-10H,1-2H3,(H2,21,22,23,24,26). The first-order valence-corrected chi connectivity index (χ1v) is 10.0. The van der Waals surface area contributed by atoms with E-state index in [0.717, 1.165) is 27.0 Å². The monoisotopic (exact) mass is 461 g/mol. The summed E-state index contributed by atoms with van der Waals surface area (Å²) in [4.78, 5) is 16.8. The van der Waals surface area contributed by atoms with E-state index >= 15 is 0 Å². The summed E-state index contributed by atoms with van der Waals surface area (Å²) in [7, 11) is 1.62. The number of carbonyl (C=O) groups is 1. The molecule has 2 aromatic carbocycles. The van der Waals surface area contributed by atoms with Crippen molar-refractivity contribution in [3.63, 3.8) is 0 Å². The molecule has 0 saturated heterocycles. The number of thiocarbonyl (C=S) groups is 1. The second kappa shape index (κ2) is 8.60. The molecule has 5 nitrogen and oxygen atoms in total. The number of hydrogen-bond donors (Lipinski definition) is 2. The van der Waals surface area contributed by atoms with E-state index in [1.807, 2.05) is 42.6 Å². The summed E-state index contributed by atoms with van der Waals surface area (Å²) in [6.45, 7) is 1.93. The van der Waals surface area contributed by atoms with E-state index in [-0.39, 0.29) is 11.0 Å². The van der Waals surface area contributed by atoms with Crippen LogP contribution in [0.25, 0.3) is 11.3 Å². The molecule has 138 valence electrons. The molecule has 8 heteroatoms. The number of aromatic nitrogens is 1. The van der Waals surface area contributed by atoms with E-state index in [2.05, 4.69) is 31.5 Å². The smallest absolute Gasteiger partial charge is 0.257 e. The van der Waals surface area contributed by atoms with Crippen LogP contribution in [-0.4, -0.2) is 23.1 Å². The van der Waals surface area contributed by atoms with Crippen molar-refractivity contribution < 1.29 is 9.53 Å². The summed E-state index contributed by atoms with van der Waals surface area (Å²) in [6.07, 6.45) is 0. The average Bonchev–Trinajstić information content (AvgIpc) is 3.09. The third kappa shape index (κ3) is 4.91. The molecule has 0 saturated carbocycles. The number of thiazole rings is 1. The second-order valence-electron chi connectivity index (χ2n) is 5.66. The van der Waals surface area contributed by atoms with Gasteiger partial charge in [0.1, 0.15) is 5.75 Å². The van der Waals surface area contributed by atoms with Crippen molar-refractivity contribution >= 4 is 55.6 Å². The molecule has 1 heterocycles. The molecule has 0 atom stereocenters. The summed E-state index contributed by atoms with van der Waals surface area (Å²) < 4.78 is 6.09. The molecule has 3 aromatic rings. The number of benzene rings is 2. The fraction of sp³-hybridized carbons (Fsp3) is 0.105. The van der Waals surface area contributed by atoms with Crippen molar-refractivity contribution in [2.45, 2.75) is 6.92 Å². The van der Waals surface area contributed by atoms with Crippen LogP contribution in [0.2, 0.25) is 0 Å². The van der Waals surface area contributed by atoms with Crippen LogP contribution >= 0.6 is 39.5 Å². The molecule has 0 aliphatic rings. The number of methoxy groups -OCH3 is 1. The van der Waals surface area contributed by atoms with Gasteiger partial charge in [0.05, 0.1) is 17.3 Å². The summed E-state index contributed by atoms with van der Waals surface area (Å²) in [5.41, 5.74) is 3.32. The van der Waals surface area contributed by atoms with Crippen LogP contribution in [0.3, 0.4) is 0 Å². The lowest BCUT2D eigenvalue weighted by Crippen LogP contribution is -2.34. The molecule has 0 fully saturated rings. The van der Waals surface area contributed by atoms with E-state index in [0.29, 0.717) is 10.7 Å². The summed E-state index contributed by atoms with van der Waals surface area (Å²) >= 11 is 10.1. The van der Waals surface area contributed by atoms with Gasteiger partial charge >= 0.3 is 0 Å². The minimum absolute atomic E-state index is 0.207. The third-order valence-electron chi connectivity index (χ3n) is 3.68. The molecule has 27 heavy (non-hydrogen) atoms. The molecular formula is C19H16BrN3O2S2. The fourth-order valence-corrected chi connectivity index (χ4v) is 3.90. The quantitative estimate of drug-likeness (QED) is 0.534. The van der Waals surface area contributed by atoms with Crippen molar-refractivity contribution in [1.29, 1.82) is 0 Å². The highest BCUT2D eigenvalue weighted by molar-refractivity contribution is 9.10. The Hall–Kier alpha value is -2.29. The van der Waals surface area contributed by atoms with Crippen LogP contribution in [0.4, 0.5) is 5.13 Å². The molecule has 0 aliphatic heterocycles. The van der Waals surface area contributed by atoms with Gasteiger partial charge < -0.3 is 10.1 Å². The summed E-state index contributed by atoms with van der Waals surface area (Å²) in [5.74, 6) is 0.499. The van der Waals surface area contributed by atoms with Crippen molar-refractivity contribution in [2.24, 2.45) is 0 Å². The minimum Gasteiger partial charge on any atom is -0.496 e. The van der Waals surface area contributed by atoms with Crippen LogP contribution in [0.15, 0.2) is 52.3 Å². The van der Waals surface area contributed by atoms with E-state index in [1.165, 1.54) is 11.3 Å². The third-order valence-corrected chi connectivity index (χ3v) is 5.26. The fourth-order valence-electron chi connectivity index (χ4n) is 2.38. The Morgan fingerprint density at radius 3 is 2.78 bits per heavy atom. The zero-order chi connectivity index (χ0) is 19.4. The van der Waals surface area contributed by atoms with Crippen molar-refractivity contribution in [1.82, 2.24) is 10.3 Å². The van der Waals surface area contributed by atoms with Gasteiger partial charge in [0.15, 0.2) is 10.2 Å². The number of nitrogens with one attached hydrogen (secondary N) is 2. The Labute approximate surface area is 174 Å². The molecule has 0 aliphatic carbocycles. The largest absolute Gasteiger partial charge is 0.496 e. The maximum absolute atomic E-state index is 12.2. The van der Waals surface area contributed by atoms with Crippen molar-refractivity contribution in [3.05, 3.63) is 63.4 Å². The van der Waals surface area contributed by atoms with Crippen LogP contribution in [0, 0.1) is 6.92 Å². The molecule has 1 aromatic heterocycles. The lowest BCUT2D eigenvalue weighted by atomic mass is 10.1. The van der Waals surface area contributed by atoms with Gasteiger partial charge in [-0.2, -0.15) is 0 Å². The SMILES string of the molecule is COc1ccc(-c2csc(NC(=S)NC(=O)c3cccc(C)c3)n2)cc1Br. The summed E-state index contributed by atoms with van der Waals surface area (Å²) in [5, 5.41) is 8.35. The first kappa shape index (κ1) is 19.5. The maximum atomic E-state index is 12.2. The van der Waals surface area contributed by atoms with Gasteiger partial charge in [-0.05, 0) is 65.4 Å². The zero-order valence-electron chi connectivity index (χ0n) is 14.6. The van der Waals surface area contributed by atoms with Crippen LogP contribution in [0.5, 0.6) is 5.75 Å². The Kier molecular flexibility index (Phi) is 6.20. The van der Waals surface area contributed by atoms with Gasteiger partial charge in [0.2, 0.25) is 0 Å². The van der Waals surface area contributed by atoms with E-state index in [4.69, 9.17) is 17.0 Å². The van der Waals surface area contributed by atoms with E-state index < -0.39 is 0 Å².